The van der Waals surface area contributed by atoms with Gasteiger partial charge in [-0.05, 0) is 62.5 Å². The molecule has 3 nitrogen and oxygen atoms in total. The predicted octanol–water partition coefficient (Wildman–Crippen LogP) is 4.17. The Hall–Kier alpha value is -1.20. The highest BCUT2D eigenvalue weighted by Crippen LogP contribution is 2.20. The van der Waals surface area contributed by atoms with Gasteiger partial charge in [-0.2, -0.15) is 0 Å². The average molecular weight is 370 g/mol. The summed E-state index contributed by atoms with van der Waals surface area (Å²) in [5.74, 6) is -0.161. The summed E-state index contributed by atoms with van der Waals surface area (Å²) in [5.41, 5.74) is 2.24. The van der Waals surface area contributed by atoms with Crippen molar-refractivity contribution in [3.8, 4) is 0 Å². The van der Waals surface area contributed by atoms with Crippen LogP contribution in [0.3, 0.4) is 0 Å². The first-order chi connectivity index (χ1) is 8.58. The van der Waals surface area contributed by atoms with E-state index in [2.05, 4.69) is 42.2 Å². The van der Waals surface area contributed by atoms with Crippen LogP contribution in [-0.4, -0.2) is 10.9 Å². The lowest BCUT2D eigenvalue weighted by Crippen LogP contribution is -2.12. The van der Waals surface area contributed by atoms with E-state index in [0.29, 0.717) is 11.3 Å². The monoisotopic (exact) mass is 368 g/mol. The maximum atomic E-state index is 12.1. The fraction of sp³-hybridized carbons (Fsp3) is 0.0769. The number of aromatic nitrogens is 1. The molecular weight excluding hydrogens is 360 g/mol. The van der Waals surface area contributed by atoms with Gasteiger partial charge in [0.2, 0.25) is 0 Å². The predicted molar refractivity (Wildman–Crippen MR) is 78.8 cm³/mol. The minimum Gasteiger partial charge on any atom is -0.321 e. The van der Waals surface area contributed by atoms with E-state index in [1.165, 1.54) is 0 Å². The maximum Gasteiger partial charge on any atom is 0.256 e. The maximum absolute atomic E-state index is 12.1. The van der Waals surface area contributed by atoms with Crippen molar-refractivity contribution in [3.05, 3.63) is 56.7 Å². The Balaban J connectivity index is 2.22. The number of nitrogens with zero attached hydrogens (tertiary/aromatic N) is 1. The zero-order valence-corrected chi connectivity index (χ0v) is 12.7. The number of carbonyl (C=O) groups is 1. The SMILES string of the molecule is Cc1cc(NC(=O)c2ccccc2Br)cnc1Br. The minimum absolute atomic E-state index is 0.161. The summed E-state index contributed by atoms with van der Waals surface area (Å²) in [7, 11) is 0. The smallest absolute Gasteiger partial charge is 0.256 e. The highest BCUT2D eigenvalue weighted by Gasteiger charge is 2.10. The van der Waals surface area contributed by atoms with E-state index in [9.17, 15) is 4.79 Å². The number of aryl methyl sites for hydroxylation is 1. The molecule has 1 aromatic carbocycles. The van der Waals surface area contributed by atoms with Crippen molar-refractivity contribution >= 4 is 43.5 Å². The van der Waals surface area contributed by atoms with E-state index in [1.54, 1.807) is 12.3 Å². The molecule has 1 N–H and O–H groups in total. The van der Waals surface area contributed by atoms with Crippen LogP contribution in [0.15, 0.2) is 45.6 Å². The molecule has 0 bridgehead atoms. The summed E-state index contributed by atoms with van der Waals surface area (Å²) in [6.45, 7) is 1.92. The number of carbonyl (C=O) groups excluding carboxylic acids is 1. The van der Waals surface area contributed by atoms with Gasteiger partial charge in [0, 0.05) is 4.47 Å². The first-order valence-corrected chi connectivity index (χ1v) is 6.84. The van der Waals surface area contributed by atoms with Crippen LogP contribution in [0.5, 0.6) is 0 Å². The molecule has 92 valence electrons. The highest BCUT2D eigenvalue weighted by molar-refractivity contribution is 9.10. The van der Waals surface area contributed by atoms with Crippen molar-refractivity contribution < 1.29 is 4.79 Å². The molecule has 0 aliphatic carbocycles. The van der Waals surface area contributed by atoms with Gasteiger partial charge < -0.3 is 5.32 Å². The second-order valence-electron chi connectivity index (χ2n) is 3.77. The number of pyridine rings is 1. The molecule has 0 aliphatic heterocycles. The van der Waals surface area contributed by atoms with Crippen molar-refractivity contribution in [2.75, 3.05) is 5.32 Å². The Morgan fingerprint density at radius 3 is 2.67 bits per heavy atom. The number of halogens is 2. The molecule has 5 heteroatoms. The van der Waals surface area contributed by atoms with E-state index >= 15 is 0 Å². The third-order valence-corrected chi connectivity index (χ3v) is 3.91. The molecular formula is C13H10Br2N2O. The van der Waals surface area contributed by atoms with Crippen LogP contribution in [0.4, 0.5) is 5.69 Å². The Bertz CT molecular complexity index is 599. The quantitative estimate of drug-likeness (QED) is 0.807. The molecule has 0 unspecified atom stereocenters. The summed E-state index contributed by atoms with van der Waals surface area (Å²) in [5, 5.41) is 2.81. The summed E-state index contributed by atoms with van der Waals surface area (Å²) in [6, 6.07) is 9.15. The molecule has 0 aliphatic rings. The zero-order valence-electron chi connectivity index (χ0n) is 9.58. The fourth-order valence-electron chi connectivity index (χ4n) is 1.47. The Kier molecular flexibility index (Phi) is 4.14. The van der Waals surface area contributed by atoms with Gasteiger partial charge in [0.1, 0.15) is 4.60 Å². The Labute approximate surface area is 122 Å². The van der Waals surface area contributed by atoms with Crippen molar-refractivity contribution in [1.82, 2.24) is 4.98 Å². The second kappa shape index (κ2) is 5.63. The first-order valence-electron chi connectivity index (χ1n) is 5.26. The van der Waals surface area contributed by atoms with E-state index in [-0.39, 0.29) is 5.91 Å². The zero-order chi connectivity index (χ0) is 13.1. The number of nitrogens with one attached hydrogen (secondary N) is 1. The summed E-state index contributed by atoms with van der Waals surface area (Å²) in [6.07, 6.45) is 1.62. The molecule has 0 radical (unpaired) electrons. The third-order valence-electron chi connectivity index (χ3n) is 2.39. The average Bonchev–Trinajstić information content (AvgIpc) is 2.34. The molecule has 0 spiro atoms. The van der Waals surface area contributed by atoms with Gasteiger partial charge in [-0.1, -0.05) is 12.1 Å². The van der Waals surface area contributed by atoms with Crippen LogP contribution in [0.1, 0.15) is 15.9 Å². The molecule has 2 aromatic rings. The summed E-state index contributed by atoms with van der Waals surface area (Å²) >= 11 is 6.67. The lowest BCUT2D eigenvalue weighted by Gasteiger charge is -2.07. The Morgan fingerprint density at radius 2 is 2.00 bits per heavy atom. The van der Waals surface area contributed by atoms with Crippen LogP contribution in [-0.2, 0) is 0 Å². The van der Waals surface area contributed by atoms with Crippen molar-refractivity contribution in [2.45, 2.75) is 6.92 Å². The topological polar surface area (TPSA) is 42.0 Å². The molecule has 2 rings (SSSR count). The van der Waals surface area contributed by atoms with Gasteiger partial charge in [-0.3, -0.25) is 4.79 Å². The van der Waals surface area contributed by atoms with Crippen molar-refractivity contribution in [1.29, 1.82) is 0 Å². The number of hydrogen-bond acceptors (Lipinski definition) is 2. The van der Waals surface area contributed by atoms with Gasteiger partial charge in [-0.25, -0.2) is 4.98 Å². The van der Waals surface area contributed by atoms with Crippen LogP contribution in [0.2, 0.25) is 0 Å². The Morgan fingerprint density at radius 1 is 1.28 bits per heavy atom. The normalized spacial score (nSPS) is 10.2. The lowest BCUT2D eigenvalue weighted by atomic mass is 10.2. The molecule has 1 aromatic heterocycles. The van der Waals surface area contributed by atoms with Crippen LogP contribution < -0.4 is 5.32 Å². The number of hydrogen-bond donors (Lipinski definition) is 1. The largest absolute Gasteiger partial charge is 0.321 e. The van der Waals surface area contributed by atoms with Gasteiger partial charge in [0.25, 0.3) is 5.91 Å². The third kappa shape index (κ3) is 2.97. The minimum atomic E-state index is -0.161. The van der Waals surface area contributed by atoms with E-state index in [1.807, 2.05) is 31.2 Å². The van der Waals surface area contributed by atoms with Gasteiger partial charge in [0.05, 0.1) is 17.4 Å². The molecule has 0 saturated heterocycles. The number of anilines is 1. The number of amides is 1. The van der Waals surface area contributed by atoms with Crippen LogP contribution in [0, 0.1) is 6.92 Å². The highest BCUT2D eigenvalue weighted by atomic mass is 79.9. The van der Waals surface area contributed by atoms with Gasteiger partial charge in [-0.15, -0.1) is 0 Å². The van der Waals surface area contributed by atoms with Crippen LogP contribution in [0.25, 0.3) is 0 Å². The van der Waals surface area contributed by atoms with E-state index < -0.39 is 0 Å². The summed E-state index contributed by atoms with van der Waals surface area (Å²) < 4.78 is 1.55. The summed E-state index contributed by atoms with van der Waals surface area (Å²) in [4.78, 5) is 16.2. The van der Waals surface area contributed by atoms with Crippen molar-refractivity contribution in [3.63, 3.8) is 0 Å². The lowest BCUT2D eigenvalue weighted by molar-refractivity contribution is 0.102. The molecule has 18 heavy (non-hydrogen) atoms. The number of rotatable bonds is 2. The molecule has 0 saturated carbocycles. The fourth-order valence-corrected chi connectivity index (χ4v) is 2.15. The number of benzene rings is 1. The molecule has 1 heterocycles. The second-order valence-corrected chi connectivity index (χ2v) is 5.37. The van der Waals surface area contributed by atoms with Crippen molar-refractivity contribution in [2.24, 2.45) is 0 Å². The van der Waals surface area contributed by atoms with E-state index in [4.69, 9.17) is 0 Å². The standard InChI is InChI=1S/C13H10Br2N2O/c1-8-6-9(7-16-12(8)15)17-13(18)10-4-2-3-5-11(10)14/h2-7H,1H3,(H,17,18). The first kappa shape index (κ1) is 13.2. The molecule has 1 amide bonds. The van der Waals surface area contributed by atoms with E-state index in [0.717, 1.165) is 14.6 Å². The molecule has 0 fully saturated rings. The van der Waals surface area contributed by atoms with Crippen LogP contribution >= 0.6 is 31.9 Å². The van der Waals surface area contributed by atoms with Gasteiger partial charge in [0.15, 0.2) is 0 Å². The molecule has 0 atom stereocenters. The van der Waals surface area contributed by atoms with Gasteiger partial charge >= 0.3 is 0 Å².